The molecule has 0 amide bonds. The third-order valence-electron chi connectivity index (χ3n) is 3.48. The smallest absolute Gasteiger partial charge is 0.0104 e. The molecule has 1 atom stereocenters. The average Bonchev–Trinajstić information content (AvgIpc) is 2.87. The van der Waals surface area contributed by atoms with Gasteiger partial charge in [-0.25, -0.2) is 0 Å². The molecule has 0 saturated carbocycles. The van der Waals surface area contributed by atoms with Gasteiger partial charge in [-0.05, 0) is 50.6 Å². The lowest BCUT2D eigenvalue weighted by atomic mass is 10.0. The first-order valence-electron chi connectivity index (χ1n) is 7.52. The zero-order chi connectivity index (χ0) is 14.1. The van der Waals surface area contributed by atoms with Crippen LogP contribution in [-0.4, -0.2) is 37.6 Å². The van der Waals surface area contributed by atoms with Crippen LogP contribution in [0.1, 0.15) is 38.5 Å². The molecule has 0 radical (unpaired) electrons. The normalized spacial score (nSPS) is 13.4. The van der Waals surface area contributed by atoms with Crippen molar-refractivity contribution in [1.29, 1.82) is 0 Å². The van der Waals surface area contributed by atoms with Crippen LogP contribution in [-0.2, 0) is 6.42 Å². The average molecular weight is 282 g/mol. The van der Waals surface area contributed by atoms with Gasteiger partial charge >= 0.3 is 0 Å². The predicted molar refractivity (Wildman–Crippen MR) is 87.1 cm³/mol. The zero-order valence-electron chi connectivity index (χ0n) is 13.0. The van der Waals surface area contributed by atoms with E-state index in [1.807, 2.05) is 11.3 Å². The molecule has 0 aliphatic heterocycles. The summed E-state index contributed by atoms with van der Waals surface area (Å²) >= 11 is 1.86. The number of hydrogen-bond donors (Lipinski definition) is 1. The highest BCUT2D eigenvalue weighted by Gasteiger charge is 2.04. The minimum absolute atomic E-state index is 0.646. The standard InChI is InChI=1S/C16H30N2S/c1-14(2)7-8-15(3)17-10-12-18(4)11-9-16-6-5-13-19-16/h5-6,13-15,17H,7-12H2,1-4H3. The third kappa shape index (κ3) is 8.40. The van der Waals surface area contributed by atoms with Gasteiger partial charge in [-0.2, -0.15) is 0 Å². The van der Waals surface area contributed by atoms with Crippen molar-refractivity contribution in [3.63, 3.8) is 0 Å². The van der Waals surface area contributed by atoms with E-state index in [2.05, 4.69) is 55.5 Å². The van der Waals surface area contributed by atoms with Gasteiger partial charge in [-0.1, -0.05) is 19.9 Å². The molecule has 0 saturated heterocycles. The van der Waals surface area contributed by atoms with Crippen molar-refractivity contribution >= 4 is 11.3 Å². The second-order valence-corrected chi connectivity index (χ2v) is 6.99. The lowest BCUT2D eigenvalue weighted by molar-refractivity contribution is 0.325. The van der Waals surface area contributed by atoms with E-state index in [-0.39, 0.29) is 0 Å². The third-order valence-corrected chi connectivity index (χ3v) is 4.42. The van der Waals surface area contributed by atoms with Crippen molar-refractivity contribution in [2.75, 3.05) is 26.7 Å². The summed E-state index contributed by atoms with van der Waals surface area (Å²) in [6, 6.07) is 5.01. The maximum absolute atomic E-state index is 3.62. The zero-order valence-corrected chi connectivity index (χ0v) is 13.8. The Morgan fingerprint density at radius 2 is 2.00 bits per heavy atom. The molecule has 2 nitrogen and oxygen atoms in total. The first kappa shape index (κ1) is 16.7. The highest BCUT2D eigenvalue weighted by atomic mass is 32.1. The molecule has 0 aliphatic rings. The summed E-state index contributed by atoms with van der Waals surface area (Å²) in [6.07, 6.45) is 3.79. The fourth-order valence-electron chi connectivity index (χ4n) is 2.05. The molecule has 1 aromatic rings. The van der Waals surface area contributed by atoms with Crippen LogP contribution in [0.5, 0.6) is 0 Å². The lowest BCUT2D eigenvalue weighted by Gasteiger charge is -2.19. The minimum Gasteiger partial charge on any atom is -0.313 e. The van der Waals surface area contributed by atoms with E-state index in [4.69, 9.17) is 0 Å². The van der Waals surface area contributed by atoms with Gasteiger partial charge in [0.2, 0.25) is 0 Å². The molecule has 1 aromatic heterocycles. The number of rotatable bonds is 10. The molecule has 0 bridgehead atoms. The molecule has 1 heterocycles. The summed E-state index contributed by atoms with van der Waals surface area (Å²) in [4.78, 5) is 3.91. The van der Waals surface area contributed by atoms with Crippen molar-refractivity contribution in [3.05, 3.63) is 22.4 Å². The van der Waals surface area contributed by atoms with E-state index in [0.29, 0.717) is 6.04 Å². The first-order valence-corrected chi connectivity index (χ1v) is 8.40. The van der Waals surface area contributed by atoms with E-state index in [9.17, 15) is 0 Å². The van der Waals surface area contributed by atoms with E-state index in [1.54, 1.807) is 0 Å². The topological polar surface area (TPSA) is 15.3 Å². The summed E-state index contributed by atoms with van der Waals surface area (Å²) in [6.45, 7) is 10.3. The number of likely N-dealkylation sites (N-methyl/N-ethyl adjacent to an activating group) is 1. The highest BCUT2D eigenvalue weighted by molar-refractivity contribution is 7.09. The molecule has 0 aliphatic carbocycles. The minimum atomic E-state index is 0.646. The van der Waals surface area contributed by atoms with Gasteiger partial charge in [0, 0.05) is 30.6 Å². The summed E-state index contributed by atoms with van der Waals surface area (Å²) in [5.74, 6) is 0.817. The predicted octanol–water partition coefficient (Wildman–Crippen LogP) is 3.64. The Morgan fingerprint density at radius 1 is 1.21 bits per heavy atom. The van der Waals surface area contributed by atoms with Crippen LogP contribution in [0.3, 0.4) is 0 Å². The van der Waals surface area contributed by atoms with Crippen molar-refractivity contribution < 1.29 is 0 Å². The summed E-state index contributed by atoms with van der Waals surface area (Å²) in [5.41, 5.74) is 0. The molecule has 0 aromatic carbocycles. The number of nitrogens with one attached hydrogen (secondary N) is 1. The molecule has 1 rings (SSSR count). The van der Waals surface area contributed by atoms with Crippen LogP contribution < -0.4 is 5.32 Å². The van der Waals surface area contributed by atoms with Gasteiger partial charge in [0.25, 0.3) is 0 Å². The summed E-state index contributed by atoms with van der Waals surface area (Å²) in [7, 11) is 2.22. The second kappa shape index (κ2) is 9.51. The van der Waals surface area contributed by atoms with Gasteiger partial charge in [0.15, 0.2) is 0 Å². The van der Waals surface area contributed by atoms with Gasteiger partial charge < -0.3 is 10.2 Å². The maximum atomic E-state index is 3.62. The fraction of sp³-hybridized carbons (Fsp3) is 0.750. The number of nitrogens with zero attached hydrogens (tertiary/aromatic N) is 1. The van der Waals surface area contributed by atoms with Crippen LogP contribution in [0.15, 0.2) is 17.5 Å². The van der Waals surface area contributed by atoms with E-state index in [0.717, 1.165) is 25.6 Å². The fourth-order valence-corrected chi connectivity index (χ4v) is 2.75. The molecule has 3 heteroatoms. The number of hydrogen-bond acceptors (Lipinski definition) is 3. The summed E-state index contributed by atoms with van der Waals surface area (Å²) in [5, 5.41) is 5.78. The van der Waals surface area contributed by atoms with Gasteiger partial charge in [0.1, 0.15) is 0 Å². The van der Waals surface area contributed by atoms with Gasteiger partial charge in [-0.15, -0.1) is 11.3 Å². The Bertz CT molecular complexity index is 309. The Balaban J connectivity index is 2.01. The Morgan fingerprint density at radius 3 is 2.63 bits per heavy atom. The van der Waals surface area contributed by atoms with Crippen LogP contribution >= 0.6 is 11.3 Å². The van der Waals surface area contributed by atoms with E-state index in [1.165, 1.54) is 24.1 Å². The Labute approximate surface area is 123 Å². The first-order chi connectivity index (χ1) is 9.08. The van der Waals surface area contributed by atoms with Crippen LogP contribution in [0, 0.1) is 5.92 Å². The van der Waals surface area contributed by atoms with Gasteiger partial charge in [-0.3, -0.25) is 0 Å². The molecular weight excluding hydrogens is 252 g/mol. The lowest BCUT2D eigenvalue weighted by Crippen LogP contribution is -2.35. The summed E-state index contributed by atoms with van der Waals surface area (Å²) < 4.78 is 0. The number of thiophene rings is 1. The Kier molecular flexibility index (Phi) is 8.35. The monoisotopic (exact) mass is 282 g/mol. The van der Waals surface area contributed by atoms with Crippen LogP contribution in [0.25, 0.3) is 0 Å². The second-order valence-electron chi connectivity index (χ2n) is 5.96. The van der Waals surface area contributed by atoms with E-state index >= 15 is 0 Å². The van der Waals surface area contributed by atoms with E-state index < -0.39 is 0 Å². The van der Waals surface area contributed by atoms with Crippen molar-refractivity contribution in [2.45, 2.75) is 46.1 Å². The quantitative estimate of drug-likeness (QED) is 0.705. The molecule has 19 heavy (non-hydrogen) atoms. The highest BCUT2D eigenvalue weighted by Crippen LogP contribution is 2.09. The largest absolute Gasteiger partial charge is 0.313 e. The molecule has 0 spiro atoms. The maximum Gasteiger partial charge on any atom is 0.0104 e. The molecule has 1 unspecified atom stereocenters. The van der Waals surface area contributed by atoms with Crippen LogP contribution in [0.2, 0.25) is 0 Å². The molecule has 0 fully saturated rings. The van der Waals surface area contributed by atoms with Crippen molar-refractivity contribution in [2.24, 2.45) is 5.92 Å². The SMILES string of the molecule is CC(C)CCC(C)NCCN(C)CCc1cccs1. The van der Waals surface area contributed by atoms with Crippen molar-refractivity contribution in [1.82, 2.24) is 10.2 Å². The molecule has 1 N–H and O–H groups in total. The van der Waals surface area contributed by atoms with Crippen molar-refractivity contribution in [3.8, 4) is 0 Å². The molecular formula is C16H30N2S. The molecule has 110 valence electrons. The Hall–Kier alpha value is -0.380. The van der Waals surface area contributed by atoms with Gasteiger partial charge in [0.05, 0.1) is 0 Å². The van der Waals surface area contributed by atoms with Crippen LogP contribution in [0.4, 0.5) is 0 Å².